The van der Waals surface area contributed by atoms with Gasteiger partial charge in [0.1, 0.15) is 11.5 Å². The van der Waals surface area contributed by atoms with E-state index in [2.05, 4.69) is 39.2 Å². The summed E-state index contributed by atoms with van der Waals surface area (Å²) < 4.78 is 2.05. The van der Waals surface area contributed by atoms with Gasteiger partial charge in [0.2, 0.25) is 0 Å². The maximum atomic E-state index is 13.5. The molecule has 0 radical (unpaired) electrons. The molecule has 0 saturated carbocycles. The van der Waals surface area contributed by atoms with Gasteiger partial charge in [0, 0.05) is 61.6 Å². The van der Waals surface area contributed by atoms with Crippen LogP contribution in [0.15, 0.2) is 79.0 Å². The van der Waals surface area contributed by atoms with Crippen molar-refractivity contribution < 1.29 is 9.59 Å². The van der Waals surface area contributed by atoms with Crippen molar-refractivity contribution in [2.75, 3.05) is 41.3 Å². The van der Waals surface area contributed by atoms with Crippen molar-refractivity contribution in [2.24, 2.45) is 0 Å². The third-order valence-corrected chi connectivity index (χ3v) is 7.96. The van der Waals surface area contributed by atoms with E-state index in [9.17, 15) is 9.59 Å². The molecule has 1 fully saturated rings. The lowest BCUT2D eigenvalue weighted by molar-refractivity contribution is -0.112. The number of pyridine rings is 1. The van der Waals surface area contributed by atoms with Gasteiger partial charge >= 0.3 is 0 Å². The first-order valence-corrected chi connectivity index (χ1v) is 14.2. The largest absolute Gasteiger partial charge is 0.370 e. The molecule has 2 aromatic carbocycles. The molecule has 0 bridgehead atoms. The van der Waals surface area contributed by atoms with Crippen molar-refractivity contribution in [3.63, 3.8) is 0 Å². The zero-order valence-electron chi connectivity index (χ0n) is 23.0. The average molecular weight is 534 g/mol. The summed E-state index contributed by atoms with van der Waals surface area (Å²) >= 11 is 0. The summed E-state index contributed by atoms with van der Waals surface area (Å²) in [5, 5.41) is 2.85. The van der Waals surface area contributed by atoms with Gasteiger partial charge in [-0.1, -0.05) is 30.3 Å². The van der Waals surface area contributed by atoms with Crippen LogP contribution in [0, 0.1) is 6.92 Å². The average Bonchev–Trinajstić information content (AvgIpc) is 3.20. The normalized spacial score (nSPS) is 15.3. The number of aromatic nitrogens is 2. The van der Waals surface area contributed by atoms with Gasteiger partial charge in [-0.3, -0.25) is 9.59 Å². The van der Waals surface area contributed by atoms with Crippen molar-refractivity contribution in [1.82, 2.24) is 9.55 Å². The molecule has 0 atom stereocenters. The van der Waals surface area contributed by atoms with Gasteiger partial charge in [-0.2, -0.15) is 0 Å². The number of nitrogens with one attached hydrogen (secondary N) is 1. The summed E-state index contributed by atoms with van der Waals surface area (Å²) in [4.78, 5) is 36.0. The van der Waals surface area contributed by atoms with Gasteiger partial charge < -0.3 is 19.7 Å². The monoisotopic (exact) mass is 533 g/mol. The smallest absolute Gasteiger partial charge is 0.298 e. The number of amides is 1. The van der Waals surface area contributed by atoms with E-state index in [1.807, 2.05) is 71.4 Å². The molecule has 1 N–H and O–H groups in total. The lowest BCUT2D eigenvalue weighted by Crippen LogP contribution is -2.31. The predicted molar refractivity (Wildman–Crippen MR) is 160 cm³/mol. The highest BCUT2D eigenvalue weighted by Gasteiger charge is 2.28. The Morgan fingerprint density at radius 1 is 0.800 bits per heavy atom. The molecule has 40 heavy (non-hydrogen) atoms. The van der Waals surface area contributed by atoms with Crippen molar-refractivity contribution in [3.05, 3.63) is 95.9 Å². The predicted octanol–water partition coefficient (Wildman–Crippen LogP) is 5.73. The third-order valence-electron chi connectivity index (χ3n) is 7.96. The molecule has 6 rings (SSSR count). The van der Waals surface area contributed by atoms with Crippen LogP contribution in [0.25, 0.3) is 11.1 Å². The topological polar surface area (TPSA) is 70.5 Å². The first kappa shape index (κ1) is 25.9. The highest BCUT2D eigenvalue weighted by atomic mass is 16.2. The highest BCUT2D eigenvalue weighted by molar-refractivity contribution is 6.47. The first-order valence-electron chi connectivity index (χ1n) is 14.2. The Hall–Kier alpha value is -4.39. The van der Waals surface area contributed by atoms with E-state index in [0.717, 1.165) is 86.7 Å². The number of hydrogen-bond donors (Lipinski definition) is 1. The summed E-state index contributed by atoms with van der Waals surface area (Å²) in [6.45, 7) is 6.57. The van der Waals surface area contributed by atoms with Gasteiger partial charge in [0.15, 0.2) is 0 Å². The molecule has 204 valence electrons. The van der Waals surface area contributed by atoms with Crippen molar-refractivity contribution in [3.8, 4) is 11.1 Å². The number of benzene rings is 2. The number of Topliss-reactive ketones (excluding diaryl/α,β-unsaturated/α-hetero) is 1. The maximum absolute atomic E-state index is 13.5. The Bertz CT molecular complexity index is 1510. The van der Waals surface area contributed by atoms with Crippen LogP contribution in [0.4, 0.5) is 17.2 Å². The zero-order valence-corrected chi connectivity index (χ0v) is 23.0. The van der Waals surface area contributed by atoms with Crippen LogP contribution in [-0.2, 0) is 17.8 Å². The van der Waals surface area contributed by atoms with Gasteiger partial charge in [-0.25, -0.2) is 4.98 Å². The van der Waals surface area contributed by atoms with Crippen LogP contribution in [0.5, 0.6) is 0 Å². The summed E-state index contributed by atoms with van der Waals surface area (Å²) in [6, 6.07) is 23.9. The standard InChI is InChI=1S/C33H35N5O2/c1-24-15-16-34-30(22-24)37-18-7-17-36(20-21-37)27-13-11-26(12-14-27)35-33(40)32(39)31-29(25-8-3-2-4-9-25)23-28-10-5-6-19-38(28)31/h2-4,8-9,11-16,22-23H,5-7,10,17-21H2,1H3,(H,35,40). The van der Waals surface area contributed by atoms with Crippen molar-refractivity contribution in [2.45, 2.75) is 39.2 Å². The zero-order chi connectivity index (χ0) is 27.5. The third kappa shape index (κ3) is 5.37. The van der Waals surface area contributed by atoms with Crippen LogP contribution >= 0.6 is 0 Å². The molecule has 1 amide bonds. The van der Waals surface area contributed by atoms with E-state index in [1.165, 1.54) is 5.56 Å². The lowest BCUT2D eigenvalue weighted by Gasteiger charge is -2.24. The van der Waals surface area contributed by atoms with Crippen LogP contribution in [0.2, 0.25) is 0 Å². The molecule has 1 saturated heterocycles. The molecular weight excluding hydrogens is 498 g/mol. The quantitative estimate of drug-likeness (QED) is 0.253. The van der Waals surface area contributed by atoms with Crippen LogP contribution < -0.4 is 15.1 Å². The second-order valence-electron chi connectivity index (χ2n) is 10.7. The van der Waals surface area contributed by atoms with Gasteiger partial charge in [0.25, 0.3) is 11.7 Å². The number of fused-ring (bicyclic) bond motifs is 1. The second-order valence-corrected chi connectivity index (χ2v) is 10.7. The number of carbonyl (C=O) groups excluding carboxylic acids is 2. The Balaban J connectivity index is 1.14. The fourth-order valence-electron chi connectivity index (χ4n) is 5.87. The van der Waals surface area contributed by atoms with Gasteiger partial charge in [0.05, 0.1) is 0 Å². The minimum absolute atomic E-state index is 0.492. The van der Waals surface area contributed by atoms with E-state index < -0.39 is 11.7 Å². The van der Waals surface area contributed by atoms with Crippen molar-refractivity contribution in [1.29, 1.82) is 0 Å². The molecule has 0 unspecified atom stereocenters. The molecule has 7 heteroatoms. The number of ketones is 1. The van der Waals surface area contributed by atoms with E-state index >= 15 is 0 Å². The Morgan fingerprint density at radius 2 is 1.57 bits per heavy atom. The van der Waals surface area contributed by atoms with Crippen LogP contribution in [0.1, 0.15) is 41.0 Å². The fraction of sp³-hybridized carbons (Fsp3) is 0.303. The molecule has 2 aromatic heterocycles. The number of aryl methyl sites for hydroxylation is 2. The van der Waals surface area contributed by atoms with Gasteiger partial charge in [-0.05, 0) is 86.2 Å². The number of carbonyl (C=O) groups is 2. The highest BCUT2D eigenvalue weighted by Crippen LogP contribution is 2.31. The molecule has 7 nitrogen and oxygen atoms in total. The van der Waals surface area contributed by atoms with Crippen LogP contribution in [-0.4, -0.2) is 47.4 Å². The van der Waals surface area contributed by atoms with E-state index in [4.69, 9.17) is 0 Å². The summed E-state index contributed by atoms with van der Waals surface area (Å²) in [5.41, 5.74) is 6.36. The Labute approximate surface area is 235 Å². The summed E-state index contributed by atoms with van der Waals surface area (Å²) in [5.74, 6) is -0.0647. The molecule has 0 aliphatic carbocycles. The molecular formula is C33H35N5O2. The minimum Gasteiger partial charge on any atom is -0.370 e. The number of nitrogens with zero attached hydrogens (tertiary/aromatic N) is 4. The second kappa shape index (κ2) is 11.4. The molecule has 0 spiro atoms. The molecule has 4 heterocycles. The fourth-order valence-corrected chi connectivity index (χ4v) is 5.87. The van der Waals surface area contributed by atoms with Crippen molar-refractivity contribution >= 4 is 28.9 Å². The number of rotatable bonds is 6. The Kier molecular flexibility index (Phi) is 7.36. The van der Waals surface area contributed by atoms with E-state index in [-0.39, 0.29) is 0 Å². The molecule has 2 aliphatic heterocycles. The minimum atomic E-state index is -0.604. The van der Waals surface area contributed by atoms with Crippen LogP contribution in [0.3, 0.4) is 0 Å². The summed E-state index contributed by atoms with van der Waals surface area (Å²) in [7, 11) is 0. The molecule has 4 aromatic rings. The SMILES string of the molecule is Cc1ccnc(N2CCCN(c3ccc(NC(=O)C(=O)c4c(-c5ccccc5)cc5n4CCCC5)cc3)CC2)c1. The van der Waals surface area contributed by atoms with Gasteiger partial charge in [-0.15, -0.1) is 0 Å². The van der Waals surface area contributed by atoms with E-state index in [1.54, 1.807) is 0 Å². The lowest BCUT2D eigenvalue weighted by atomic mass is 10.0. The number of hydrogen-bond acceptors (Lipinski definition) is 5. The molecule has 2 aliphatic rings. The Morgan fingerprint density at radius 3 is 2.38 bits per heavy atom. The maximum Gasteiger partial charge on any atom is 0.298 e. The van der Waals surface area contributed by atoms with E-state index in [0.29, 0.717) is 11.4 Å². The summed E-state index contributed by atoms with van der Waals surface area (Å²) in [6.07, 6.45) is 5.94. The number of anilines is 3. The first-order chi connectivity index (χ1) is 19.6.